The van der Waals surface area contributed by atoms with Crippen LogP contribution in [0.15, 0.2) is 35.7 Å². The van der Waals surface area contributed by atoms with E-state index in [1.807, 2.05) is 32.0 Å². The number of β-amino-alcohol motifs (C(OH)–C–C–N with tert-alkyl or cyclic N) is 1. The molecule has 1 saturated heterocycles. The summed E-state index contributed by atoms with van der Waals surface area (Å²) in [5.41, 5.74) is 2.34. The molecule has 2 atom stereocenters. The molecule has 1 fully saturated rings. The van der Waals surface area contributed by atoms with Crippen LogP contribution in [0.25, 0.3) is 11.0 Å². The fraction of sp³-hybridized carbons (Fsp3) is 0.536. The van der Waals surface area contributed by atoms with Crippen LogP contribution in [0.1, 0.15) is 80.5 Å². The van der Waals surface area contributed by atoms with Gasteiger partial charge in [0.15, 0.2) is 0 Å². The molecule has 1 aliphatic heterocycles. The second-order valence-corrected chi connectivity index (χ2v) is 11.2. The van der Waals surface area contributed by atoms with Crippen molar-refractivity contribution < 1.29 is 14.7 Å². The van der Waals surface area contributed by atoms with Gasteiger partial charge in [0.1, 0.15) is 11.9 Å². The van der Waals surface area contributed by atoms with Crippen LogP contribution < -0.4 is 5.32 Å². The van der Waals surface area contributed by atoms with Gasteiger partial charge < -0.3 is 19.9 Å². The molecule has 3 aromatic rings. The first-order valence-electron chi connectivity index (χ1n) is 13.1. The summed E-state index contributed by atoms with van der Waals surface area (Å²) >= 11 is 1.73. The number of carbonyl (C=O) groups is 2. The first kappa shape index (κ1) is 26.4. The molecule has 4 rings (SSSR count). The molecule has 194 valence electrons. The van der Waals surface area contributed by atoms with E-state index in [1.54, 1.807) is 16.2 Å². The summed E-state index contributed by atoms with van der Waals surface area (Å²) in [6, 6.07) is 9.59. The third kappa shape index (κ3) is 5.81. The minimum absolute atomic E-state index is 0.120. The van der Waals surface area contributed by atoms with E-state index in [2.05, 4.69) is 41.2 Å². The predicted octanol–water partition coefficient (Wildman–Crippen LogP) is 4.79. The Kier molecular flexibility index (Phi) is 8.46. The molecule has 2 amide bonds. The predicted molar refractivity (Wildman–Crippen MR) is 144 cm³/mol. The molecule has 1 unspecified atom stereocenters. The number of nitrogens with zero attached hydrogens (tertiary/aromatic N) is 3. The third-order valence-corrected chi connectivity index (χ3v) is 7.91. The summed E-state index contributed by atoms with van der Waals surface area (Å²) in [6.45, 7) is 9.32. The fourth-order valence-corrected chi connectivity index (χ4v) is 5.84. The Morgan fingerprint density at radius 3 is 2.61 bits per heavy atom. The number of aliphatic hydroxyl groups excluding tert-OH is 1. The second kappa shape index (κ2) is 11.6. The topological polar surface area (TPSA) is 87.5 Å². The van der Waals surface area contributed by atoms with Gasteiger partial charge in [-0.1, -0.05) is 33.8 Å². The maximum atomic E-state index is 13.3. The van der Waals surface area contributed by atoms with E-state index in [9.17, 15) is 14.7 Å². The van der Waals surface area contributed by atoms with Crippen molar-refractivity contribution in [3.8, 4) is 0 Å². The summed E-state index contributed by atoms with van der Waals surface area (Å²) in [5, 5.41) is 14.9. The number of aliphatic hydroxyl groups is 1. The highest BCUT2D eigenvalue weighted by Gasteiger charge is 2.31. The monoisotopic (exact) mass is 510 g/mol. The first-order chi connectivity index (χ1) is 17.3. The van der Waals surface area contributed by atoms with Crippen LogP contribution >= 0.6 is 11.3 Å². The zero-order valence-corrected chi connectivity index (χ0v) is 22.6. The van der Waals surface area contributed by atoms with E-state index in [1.165, 1.54) is 4.88 Å². The highest BCUT2D eigenvalue weighted by atomic mass is 32.1. The molecule has 0 aliphatic carbocycles. The van der Waals surface area contributed by atoms with E-state index < -0.39 is 12.1 Å². The number of hydrogen-bond acceptors (Lipinski definition) is 5. The highest BCUT2D eigenvalue weighted by Crippen LogP contribution is 2.28. The van der Waals surface area contributed by atoms with Crippen LogP contribution in [0.4, 0.5) is 0 Å². The average Bonchev–Trinajstić information content (AvgIpc) is 3.59. The number of amides is 2. The maximum Gasteiger partial charge on any atom is 0.252 e. The van der Waals surface area contributed by atoms with Gasteiger partial charge in [0.05, 0.1) is 17.1 Å². The number of likely N-dealkylation sites (tertiary alicyclic amines) is 1. The van der Waals surface area contributed by atoms with E-state index in [0.29, 0.717) is 37.5 Å². The van der Waals surface area contributed by atoms with E-state index in [0.717, 1.165) is 36.1 Å². The van der Waals surface area contributed by atoms with Crippen molar-refractivity contribution in [2.75, 3.05) is 13.1 Å². The number of aromatic nitrogens is 2. The molecule has 2 aromatic heterocycles. The minimum atomic E-state index is -0.616. The summed E-state index contributed by atoms with van der Waals surface area (Å²) in [4.78, 5) is 34.3. The smallest absolute Gasteiger partial charge is 0.252 e. The van der Waals surface area contributed by atoms with Gasteiger partial charge in [-0.05, 0) is 61.2 Å². The van der Waals surface area contributed by atoms with Gasteiger partial charge in [0.2, 0.25) is 5.91 Å². The van der Waals surface area contributed by atoms with Crippen LogP contribution in [-0.4, -0.2) is 56.6 Å². The Hall–Kier alpha value is -2.71. The number of hydrogen-bond donors (Lipinski definition) is 2. The molecule has 1 aliphatic rings. The Morgan fingerprint density at radius 2 is 2.00 bits per heavy atom. The largest absolute Gasteiger partial charge is 0.391 e. The lowest BCUT2D eigenvalue weighted by atomic mass is 10.0. The lowest BCUT2D eigenvalue weighted by Gasteiger charge is -2.25. The van der Waals surface area contributed by atoms with Crippen molar-refractivity contribution in [1.82, 2.24) is 19.8 Å². The number of benzene rings is 1. The number of imidazole rings is 1. The van der Waals surface area contributed by atoms with Crippen molar-refractivity contribution in [2.24, 2.45) is 5.92 Å². The van der Waals surface area contributed by atoms with Crippen LogP contribution in [0.5, 0.6) is 0 Å². The lowest BCUT2D eigenvalue weighted by molar-refractivity contribution is -0.133. The number of nitrogens with one attached hydrogen (secondary N) is 1. The van der Waals surface area contributed by atoms with Gasteiger partial charge in [-0.3, -0.25) is 9.59 Å². The van der Waals surface area contributed by atoms with E-state index in [-0.39, 0.29) is 17.7 Å². The molecule has 0 spiro atoms. The summed E-state index contributed by atoms with van der Waals surface area (Å²) in [5.74, 6) is 0.863. The fourth-order valence-electron chi connectivity index (χ4n) is 5.14. The van der Waals surface area contributed by atoms with Gasteiger partial charge in [-0.2, -0.15) is 0 Å². The van der Waals surface area contributed by atoms with Crippen molar-refractivity contribution in [3.05, 3.63) is 52.0 Å². The molecule has 36 heavy (non-hydrogen) atoms. The SMILES string of the molecule is CCC(CC)n1c(Cc2cccs2)nc2cc(C(=O)N[C@@H](CC(C)C)C(=O)N3CCC(O)C3)ccc21. The van der Waals surface area contributed by atoms with Gasteiger partial charge in [0, 0.05) is 36.0 Å². The van der Waals surface area contributed by atoms with Gasteiger partial charge in [-0.25, -0.2) is 4.98 Å². The standard InChI is InChI=1S/C28H38N4O3S/c1-5-20(6-2)32-25-10-9-19(15-23(25)29-26(32)16-22-8-7-13-36-22)27(34)30-24(14-18(3)4)28(35)31-12-11-21(33)17-31/h7-10,13,15,18,20-21,24,33H,5-6,11-12,14,16-17H2,1-4H3,(H,30,34)/t21?,24-/m0/s1. The Morgan fingerprint density at radius 1 is 1.22 bits per heavy atom. The Labute approximate surface area is 217 Å². The van der Waals surface area contributed by atoms with Crippen LogP contribution in [0.3, 0.4) is 0 Å². The molecular weight excluding hydrogens is 472 g/mol. The van der Waals surface area contributed by atoms with Crippen molar-refractivity contribution >= 4 is 34.2 Å². The zero-order chi connectivity index (χ0) is 25.8. The van der Waals surface area contributed by atoms with Crippen LogP contribution in [0, 0.1) is 5.92 Å². The molecule has 7 nitrogen and oxygen atoms in total. The van der Waals surface area contributed by atoms with E-state index >= 15 is 0 Å². The number of rotatable bonds is 10. The zero-order valence-electron chi connectivity index (χ0n) is 21.7. The van der Waals surface area contributed by atoms with Gasteiger partial charge in [-0.15, -0.1) is 11.3 Å². The molecule has 3 heterocycles. The molecular formula is C28H38N4O3S. The maximum absolute atomic E-state index is 13.3. The summed E-state index contributed by atoms with van der Waals surface area (Å²) in [6.07, 6.45) is 3.42. The molecule has 8 heteroatoms. The molecule has 0 radical (unpaired) electrons. The van der Waals surface area contributed by atoms with Crippen molar-refractivity contribution in [3.63, 3.8) is 0 Å². The quantitative estimate of drug-likeness (QED) is 0.411. The lowest BCUT2D eigenvalue weighted by Crippen LogP contribution is -2.48. The third-order valence-electron chi connectivity index (χ3n) is 7.03. The van der Waals surface area contributed by atoms with Gasteiger partial charge >= 0.3 is 0 Å². The highest BCUT2D eigenvalue weighted by molar-refractivity contribution is 7.09. The molecule has 0 saturated carbocycles. The summed E-state index contributed by atoms with van der Waals surface area (Å²) < 4.78 is 2.33. The van der Waals surface area contributed by atoms with Crippen LogP contribution in [0.2, 0.25) is 0 Å². The molecule has 2 N–H and O–H groups in total. The van der Waals surface area contributed by atoms with Crippen molar-refractivity contribution in [1.29, 1.82) is 0 Å². The number of carbonyl (C=O) groups excluding carboxylic acids is 2. The average molecular weight is 511 g/mol. The Balaban J connectivity index is 1.61. The van der Waals surface area contributed by atoms with E-state index in [4.69, 9.17) is 4.98 Å². The first-order valence-corrected chi connectivity index (χ1v) is 14.0. The van der Waals surface area contributed by atoms with Crippen molar-refractivity contribution in [2.45, 2.75) is 78.0 Å². The van der Waals surface area contributed by atoms with Gasteiger partial charge in [0.25, 0.3) is 5.91 Å². The number of thiophene rings is 1. The minimum Gasteiger partial charge on any atom is -0.391 e. The summed E-state index contributed by atoms with van der Waals surface area (Å²) in [7, 11) is 0. The molecule has 1 aromatic carbocycles. The normalized spacial score (nSPS) is 16.9. The van der Waals surface area contributed by atoms with Crippen LogP contribution in [-0.2, 0) is 11.2 Å². The number of fused-ring (bicyclic) bond motifs is 1. The Bertz CT molecular complexity index is 1180. The molecule has 0 bridgehead atoms. The second-order valence-electron chi connectivity index (χ2n) is 10.2.